The van der Waals surface area contributed by atoms with Crippen molar-refractivity contribution < 1.29 is 4.79 Å². The van der Waals surface area contributed by atoms with Gasteiger partial charge in [0.25, 0.3) is 0 Å². The van der Waals surface area contributed by atoms with Gasteiger partial charge in [0.1, 0.15) is 0 Å². The Morgan fingerprint density at radius 2 is 1.68 bits per heavy atom. The van der Waals surface area contributed by atoms with Crippen LogP contribution in [0.3, 0.4) is 0 Å². The van der Waals surface area contributed by atoms with Gasteiger partial charge in [0.2, 0.25) is 0 Å². The van der Waals surface area contributed by atoms with E-state index < -0.39 is 0 Å². The fraction of sp³-hybridized carbons (Fsp3) is 0.611. The van der Waals surface area contributed by atoms with E-state index in [2.05, 4.69) is 10.6 Å². The zero-order valence-electron chi connectivity index (χ0n) is 12.7. The van der Waals surface area contributed by atoms with Crippen molar-refractivity contribution >= 4 is 17.6 Å². The van der Waals surface area contributed by atoms with Crippen LogP contribution in [-0.4, -0.2) is 12.1 Å². The summed E-state index contributed by atoms with van der Waals surface area (Å²) in [5, 5.41) is 6.93. The summed E-state index contributed by atoms with van der Waals surface area (Å²) >= 11 is 6.13. The molecule has 0 aliphatic heterocycles. The minimum Gasteiger partial charge on any atom is -0.335 e. The quantitative estimate of drug-likeness (QED) is 0.870. The molecule has 4 aliphatic carbocycles. The highest BCUT2D eigenvalue weighted by Gasteiger charge is 2.48. The molecule has 5 rings (SSSR count). The molecule has 2 amide bonds. The van der Waals surface area contributed by atoms with Gasteiger partial charge in [0, 0.05) is 17.6 Å². The van der Waals surface area contributed by atoms with E-state index in [-0.39, 0.29) is 6.03 Å². The van der Waals surface area contributed by atoms with E-state index in [0.29, 0.717) is 29.4 Å². The summed E-state index contributed by atoms with van der Waals surface area (Å²) in [5.74, 6) is 3.29. The molecule has 0 heterocycles. The molecule has 4 heteroatoms. The molecule has 118 valence electrons. The van der Waals surface area contributed by atoms with Crippen molar-refractivity contribution in [3.8, 4) is 0 Å². The van der Waals surface area contributed by atoms with Gasteiger partial charge < -0.3 is 10.6 Å². The van der Waals surface area contributed by atoms with Crippen LogP contribution in [0.2, 0.25) is 5.02 Å². The zero-order valence-corrected chi connectivity index (χ0v) is 13.5. The van der Waals surface area contributed by atoms with Crippen LogP contribution in [0, 0.1) is 23.7 Å². The molecule has 4 bridgehead atoms. The van der Waals surface area contributed by atoms with Gasteiger partial charge in [0.05, 0.1) is 0 Å². The first-order valence-electron chi connectivity index (χ1n) is 8.47. The van der Waals surface area contributed by atoms with Gasteiger partial charge in [-0.25, -0.2) is 4.79 Å². The second-order valence-electron chi connectivity index (χ2n) is 7.37. The number of amides is 2. The molecule has 0 spiro atoms. The molecule has 3 nitrogen and oxygen atoms in total. The summed E-state index contributed by atoms with van der Waals surface area (Å²) in [7, 11) is 0. The first-order valence-corrected chi connectivity index (χ1v) is 8.84. The van der Waals surface area contributed by atoms with Gasteiger partial charge in [-0.1, -0.05) is 29.8 Å². The van der Waals surface area contributed by atoms with Gasteiger partial charge in [-0.15, -0.1) is 0 Å². The van der Waals surface area contributed by atoms with Crippen LogP contribution < -0.4 is 10.6 Å². The number of rotatable bonds is 3. The van der Waals surface area contributed by atoms with Crippen molar-refractivity contribution in [2.45, 2.75) is 44.7 Å². The predicted octanol–water partition coefficient (Wildman–Crippen LogP) is 3.96. The summed E-state index contributed by atoms with van der Waals surface area (Å²) < 4.78 is 0. The maximum Gasteiger partial charge on any atom is 0.315 e. The SMILES string of the molecule is O=C(NCc1ccccc1Cl)NC1C2CC3CC(C2)CC1C3. The van der Waals surface area contributed by atoms with Crippen molar-refractivity contribution in [2.75, 3.05) is 0 Å². The standard InChI is InChI=1S/C18H23ClN2O/c19-16-4-2-1-3-13(16)10-20-18(22)21-17-14-6-11-5-12(8-14)9-15(17)7-11/h1-4,11-12,14-15,17H,5-10H2,(H2,20,21,22). The van der Waals surface area contributed by atoms with E-state index in [1.54, 1.807) is 0 Å². The highest BCUT2D eigenvalue weighted by atomic mass is 35.5. The van der Waals surface area contributed by atoms with Crippen molar-refractivity contribution in [3.63, 3.8) is 0 Å². The minimum absolute atomic E-state index is 0.0441. The molecular formula is C18H23ClN2O. The lowest BCUT2D eigenvalue weighted by Gasteiger charge is -2.54. The molecule has 22 heavy (non-hydrogen) atoms. The molecule has 0 unspecified atom stereocenters. The topological polar surface area (TPSA) is 41.1 Å². The zero-order chi connectivity index (χ0) is 15.1. The molecule has 4 saturated carbocycles. The third-order valence-electron chi connectivity index (χ3n) is 5.92. The normalized spacial score (nSPS) is 35.4. The van der Waals surface area contributed by atoms with E-state index >= 15 is 0 Å². The lowest BCUT2D eigenvalue weighted by molar-refractivity contribution is -0.00942. The number of hydrogen-bond acceptors (Lipinski definition) is 1. The van der Waals surface area contributed by atoms with Crippen LogP contribution in [0.25, 0.3) is 0 Å². The maximum absolute atomic E-state index is 12.3. The van der Waals surface area contributed by atoms with E-state index in [1.165, 1.54) is 32.1 Å². The predicted molar refractivity (Wildman–Crippen MR) is 87.7 cm³/mol. The Bertz CT molecular complexity index is 546. The third kappa shape index (κ3) is 2.71. The molecule has 2 N–H and O–H groups in total. The Kier molecular flexibility index (Phi) is 3.77. The maximum atomic E-state index is 12.3. The Labute approximate surface area is 136 Å². The Hall–Kier alpha value is -1.22. The molecule has 4 fully saturated rings. The van der Waals surface area contributed by atoms with Crippen LogP contribution in [0.1, 0.15) is 37.7 Å². The highest BCUT2D eigenvalue weighted by molar-refractivity contribution is 6.31. The number of halogens is 1. The number of nitrogens with one attached hydrogen (secondary N) is 2. The summed E-state index contributed by atoms with van der Waals surface area (Å²) in [4.78, 5) is 12.3. The summed E-state index contributed by atoms with van der Waals surface area (Å²) in [6, 6.07) is 8.00. The van der Waals surface area contributed by atoms with E-state index in [1.807, 2.05) is 24.3 Å². The molecule has 0 radical (unpaired) electrons. The van der Waals surface area contributed by atoms with Crippen molar-refractivity contribution in [2.24, 2.45) is 23.7 Å². The van der Waals surface area contributed by atoms with Crippen molar-refractivity contribution in [3.05, 3.63) is 34.9 Å². The summed E-state index contributed by atoms with van der Waals surface area (Å²) in [6.07, 6.45) is 6.73. The van der Waals surface area contributed by atoms with E-state index in [9.17, 15) is 4.79 Å². The van der Waals surface area contributed by atoms with E-state index in [0.717, 1.165) is 17.4 Å². The number of urea groups is 1. The van der Waals surface area contributed by atoms with Gasteiger partial charge in [-0.2, -0.15) is 0 Å². The van der Waals surface area contributed by atoms with Crippen LogP contribution in [0.5, 0.6) is 0 Å². The monoisotopic (exact) mass is 318 g/mol. The average molecular weight is 319 g/mol. The van der Waals surface area contributed by atoms with Crippen LogP contribution in [0.4, 0.5) is 4.79 Å². The Balaban J connectivity index is 1.34. The van der Waals surface area contributed by atoms with Gasteiger partial charge >= 0.3 is 6.03 Å². The fourth-order valence-electron chi connectivity index (χ4n) is 5.18. The molecule has 4 aliphatic rings. The van der Waals surface area contributed by atoms with Crippen molar-refractivity contribution in [1.82, 2.24) is 10.6 Å². The van der Waals surface area contributed by atoms with Gasteiger partial charge in [0.15, 0.2) is 0 Å². The number of hydrogen-bond donors (Lipinski definition) is 2. The minimum atomic E-state index is -0.0441. The molecule has 0 atom stereocenters. The number of benzene rings is 1. The summed E-state index contributed by atoms with van der Waals surface area (Å²) in [6.45, 7) is 0.485. The largest absolute Gasteiger partial charge is 0.335 e. The first-order chi connectivity index (χ1) is 10.7. The van der Waals surface area contributed by atoms with E-state index in [4.69, 9.17) is 11.6 Å². The summed E-state index contributed by atoms with van der Waals surface area (Å²) in [5.41, 5.74) is 0.962. The molecule has 0 saturated heterocycles. The average Bonchev–Trinajstić information content (AvgIpc) is 2.49. The van der Waals surface area contributed by atoms with Crippen LogP contribution >= 0.6 is 11.6 Å². The molecule has 0 aromatic heterocycles. The fourth-order valence-corrected chi connectivity index (χ4v) is 5.38. The Morgan fingerprint density at radius 3 is 2.32 bits per heavy atom. The second-order valence-corrected chi connectivity index (χ2v) is 7.78. The molecule has 1 aromatic rings. The molecular weight excluding hydrogens is 296 g/mol. The number of carbonyl (C=O) groups excluding carboxylic acids is 1. The van der Waals surface area contributed by atoms with Gasteiger partial charge in [-0.05, 0) is 67.4 Å². The third-order valence-corrected chi connectivity index (χ3v) is 6.29. The second kappa shape index (κ2) is 5.77. The Morgan fingerprint density at radius 1 is 1.05 bits per heavy atom. The van der Waals surface area contributed by atoms with Crippen LogP contribution in [0.15, 0.2) is 24.3 Å². The smallest absolute Gasteiger partial charge is 0.315 e. The first kappa shape index (κ1) is 14.4. The number of carbonyl (C=O) groups is 1. The lowest BCUT2D eigenvalue weighted by atomic mass is 9.54. The van der Waals surface area contributed by atoms with Crippen LogP contribution in [-0.2, 0) is 6.54 Å². The van der Waals surface area contributed by atoms with Crippen molar-refractivity contribution in [1.29, 1.82) is 0 Å². The van der Waals surface area contributed by atoms with Gasteiger partial charge in [-0.3, -0.25) is 0 Å². The lowest BCUT2D eigenvalue weighted by Crippen LogP contribution is -2.57. The molecule has 1 aromatic carbocycles. The highest BCUT2D eigenvalue weighted by Crippen LogP contribution is 2.53.